The largest absolute Gasteiger partial charge is 0.378 e. The van der Waals surface area contributed by atoms with Gasteiger partial charge in [-0.2, -0.15) is 0 Å². The van der Waals surface area contributed by atoms with Gasteiger partial charge in [-0.15, -0.1) is 0 Å². The fourth-order valence-corrected chi connectivity index (χ4v) is 1.97. The van der Waals surface area contributed by atoms with Crippen LogP contribution in [0.4, 0.5) is 0 Å². The predicted octanol–water partition coefficient (Wildman–Crippen LogP) is 0.0111. The summed E-state index contributed by atoms with van der Waals surface area (Å²) in [5, 5.41) is 6.52. The summed E-state index contributed by atoms with van der Waals surface area (Å²) in [5.74, 6) is 1.59. The standard InChI is InChI=1S/C12H25N3O3S/c1-4-13-12(15-11-9-10(11)2)14-5-6-18-7-8-19(3,16)17/h10-11H,4-9H2,1-3H3,(H2,13,14,15). The van der Waals surface area contributed by atoms with Crippen LogP contribution in [-0.4, -0.2) is 58.7 Å². The van der Waals surface area contributed by atoms with Gasteiger partial charge in [-0.25, -0.2) is 8.42 Å². The minimum atomic E-state index is -2.94. The van der Waals surface area contributed by atoms with Crippen LogP contribution in [0.1, 0.15) is 20.3 Å². The molecule has 2 atom stereocenters. The van der Waals surface area contributed by atoms with Gasteiger partial charge in [-0.05, 0) is 19.3 Å². The van der Waals surface area contributed by atoms with Crippen molar-refractivity contribution in [2.45, 2.75) is 26.3 Å². The third-order valence-electron chi connectivity index (χ3n) is 2.88. The summed E-state index contributed by atoms with van der Waals surface area (Å²) in [5.41, 5.74) is 0. The van der Waals surface area contributed by atoms with Crippen LogP contribution in [-0.2, 0) is 14.6 Å². The number of hydrogen-bond acceptors (Lipinski definition) is 4. The summed E-state index contributed by atoms with van der Waals surface area (Å²) >= 11 is 0. The summed E-state index contributed by atoms with van der Waals surface area (Å²) in [7, 11) is -2.94. The Balaban J connectivity index is 2.16. The Bertz CT molecular complexity index is 395. The summed E-state index contributed by atoms with van der Waals surface area (Å²) in [6, 6.07) is 0.531. The number of aliphatic imine (C=N–C) groups is 1. The zero-order chi connectivity index (χ0) is 14.3. The van der Waals surface area contributed by atoms with Crippen molar-refractivity contribution in [3.05, 3.63) is 0 Å². The SMILES string of the molecule is CCNC(=NCCOCCS(C)(=O)=O)NC1CC1C. The average molecular weight is 291 g/mol. The summed E-state index contributed by atoms with van der Waals surface area (Å²) < 4.78 is 27.0. The van der Waals surface area contributed by atoms with Crippen molar-refractivity contribution in [3.8, 4) is 0 Å². The van der Waals surface area contributed by atoms with Gasteiger partial charge in [0, 0.05) is 18.8 Å². The van der Waals surface area contributed by atoms with Crippen molar-refractivity contribution in [2.75, 3.05) is 38.3 Å². The maximum atomic E-state index is 10.9. The number of ether oxygens (including phenoxy) is 1. The summed E-state index contributed by atoms with van der Waals surface area (Å²) in [6.07, 6.45) is 2.40. The number of guanidine groups is 1. The first-order chi connectivity index (χ1) is 8.92. The van der Waals surface area contributed by atoms with Gasteiger partial charge in [0.15, 0.2) is 5.96 Å². The van der Waals surface area contributed by atoms with E-state index in [2.05, 4.69) is 22.5 Å². The third kappa shape index (κ3) is 8.05. The van der Waals surface area contributed by atoms with Gasteiger partial charge >= 0.3 is 0 Å². The van der Waals surface area contributed by atoms with Gasteiger partial charge < -0.3 is 15.4 Å². The Morgan fingerprint density at radius 2 is 2.11 bits per heavy atom. The average Bonchev–Trinajstić information content (AvgIpc) is 2.98. The summed E-state index contributed by atoms with van der Waals surface area (Å²) in [6.45, 7) is 6.25. The Kier molecular flexibility index (Phi) is 6.57. The number of hydrogen-bond donors (Lipinski definition) is 2. The molecule has 0 aromatic rings. The number of rotatable bonds is 8. The Morgan fingerprint density at radius 1 is 1.42 bits per heavy atom. The lowest BCUT2D eigenvalue weighted by Crippen LogP contribution is -2.39. The van der Waals surface area contributed by atoms with E-state index < -0.39 is 9.84 Å². The molecular weight excluding hydrogens is 266 g/mol. The second kappa shape index (κ2) is 7.69. The van der Waals surface area contributed by atoms with E-state index in [1.54, 1.807) is 0 Å². The molecule has 1 aliphatic carbocycles. The zero-order valence-corrected chi connectivity index (χ0v) is 12.8. The Labute approximate surface area is 115 Å². The quantitative estimate of drug-likeness (QED) is 0.374. The molecule has 6 nitrogen and oxygen atoms in total. The van der Waals surface area contributed by atoms with Crippen LogP contribution in [0.25, 0.3) is 0 Å². The van der Waals surface area contributed by atoms with Crippen LogP contribution in [0.5, 0.6) is 0 Å². The molecule has 0 aromatic heterocycles. The number of nitrogens with one attached hydrogen (secondary N) is 2. The van der Waals surface area contributed by atoms with Crippen LogP contribution >= 0.6 is 0 Å². The van der Waals surface area contributed by atoms with Crippen LogP contribution in [0.3, 0.4) is 0 Å². The highest BCUT2D eigenvalue weighted by Gasteiger charge is 2.33. The van der Waals surface area contributed by atoms with E-state index in [1.165, 1.54) is 12.7 Å². The maximum Gasteiger partial charge on any atom is 0.191 e. The first-order valence-electron chi connectivity index (χ1n) is 6.72. The van der Waals surface area contributed by atoms with E-state index in [0.29, 0.717) is 19.2 Å². The molecule has 1 aliphatic rings. The third-order valence-corrected chi connectivity index (χ3v) is 3.79. The van der Waals surface area contributed by atoms with E-state index in [9.17, 15) is 8.42 Å². The Morgan fingerprint density at radius 3 is 2.63 bits per heavy atom. The fraction of sp³-hybridized carbons (Fsp3) is 0.917. The monoisotopic (exact) mass is 291 g/mol. The van der Waals surface area contributed by atoms with Crippen molar-refractivity contribution in [1.82, 2.24) is 10.6 Å². The van der Waals surface area contributed by atoms with Gasteiger partial charge in [-0.1, -0.05) is 6.92 Å². The van der Waals surface area contributed by atoms with Gasteiger partial charge in [-0.3, -0.25) is 4.99 Å². The normalized spacial score (nSPS) is 23.2. The molecule has 1 saturated carbocycles. The van der Waals surface area contributed by atoms with Gasteiger partial charge in [0.05, 0.1) is 25.5 Å². The molecule has 1 rings (SSSR count). The fourth-order valence-electron chi connectivity index (χ4n) is 1.55. The van der Waals surface area contributed by atoms with Gasteiger partial charge in [0.1, 0.15) is 9.84 Å². The lowest BCUT2D eigenvalue weighted by atomic mass is 10.5. The molecule has 2 unspecified atom stereocenters. The van der Waals surface area contributed by atoms with Crippen LogP contribution in [0.15, 0.2) is 4.99 Å². The smallest absolute Gasteiger partial charge is 0.191 e. The molecule has 0 heterocycles. The lowest BCUT2D eigenvalue weighted by Gasteiger charge is -2.10. The predicted molar refractivity (Wildman–Crippen MR) is 77.2 cm³/mol. The highest BCUT2D eigenvalue weighted by molar-refractivity contribution is 7.90. The van der Waals surface area contributed by atoms with Crippen molar-refractivity contribution in [1.29, 1.82) is 0 Å². The van der Waals surface area contributed by atoms with E-state index in [4.69, 9.17) is 4.74 Å². The molecule has 1 fully saturated rings. The topological polar surface area (TPSA) is 79.8 Å². The minimum absolute atomic E-state index is 0.0641. The Hall–Kier alpha value is -0.820. The summed E-state index contributed by atoms with van der Waals surface area (Å²) in [4.78, 5) is 4.38. The first-order valence-corrected chi connectivity index (χ1v) is 8.78. The number of nitrogens with zero attached hydrogens (tertiary/aromatic N) is 1. The van der Waals surface area contributed by atoms with E-state index in [0.717, 1.165) is 18.4 Å². The molecule has 7 heteroatoms. The van der Waals surface area contributed by atoms with Crippen LogP contribution in [0.2, 0.25) is 0 Å². The molecule has 0 amide bonds. The molecule has 0 bridgehead atoms. The molecular formula is C12H25N3O3S. The van der Waals surface area contributed by atoms with Crippen molar-refractivity contribution >= 4 is 15.8 Å². The van der Waals surface area contributed by atoms with Gasteiger partial charge in [0.2, 0.25) is 0 Å². The first kappa shape index (κ1) is 16.2. The zero-order valence-electron chi connectivity index (χ0n) is 12.0. The van der Waals surface area contributed by atoms with E-state index in [-0.39, 0.29) is 12.4 Å². The van der Waals surface area contributed by atoms with Crippen LogP contribution < -0.4 is 10.6 Å². The molecule has 0 saturated heterocycles. The second-order valence-electron chi connectivity index (χ2n) is 4.97. The van der Waals surface area contributed by atoms with Crippen molar-refractivity contribution in [2.24, 2.45) is 10.9 Å². The van der Waals surface area contributed by atoms with E-state index in [1.807, 2.05) is 6.92 Å². The minimum Gasteiger partial charge on any atom is -0.378 e. The lowest BCUT2D eigenvalue weighted by molar-refractivity contribution is 0.157. The molecule has 0 aliphatic heterocycles. The van der Waals surface area contributed by atoms with Gasteiger partial charge in [0.25, 0.3) is 0 Å². The molecule has 0 radical (unpaired) electrons. The van der Waals surface area contributed by atoms with Crippen LogP contribution in [0, 0.1) is 5.92 Å². The molecule has 0 aromatic carbocycles. The highest BCUT2D eigenvalue weighted by Crippen LogP contribution is 2.28. The molecule has 0 spiro atoms. The molecule has 19 heavy (non-hydrogen) atoms. The van der Waals surface area contributed by atoms with Crippen molar-refractivity contribution < 1.29 is 13.2 Å². The molecule has 112 valence electrons. The highest BCUT2D eigenvalue weighted by atomic mass is 32.2. The number of sulfone groups is 1. The van der Waals surface area contributed by atoms with E-state index >= 15 is 0 Å². The second-order valence-corrected chi connectivity index (χ2v) is 7.23. The van der Waals surface area contributed by atoms with Crippen molar-refractivity contribution in [3.63, 3.8) is 0 Å². The molecule has 2 N–H and O–H groups in total. The maximum absolute atomic E-state index is 10.9.